The van der Waals surface area contributed by atoms with Crippen molar-refractivity contribution >= 4 is 40.4 Å². The molecule has 1 aromatic heterocycles. The molecule has 1 saturated heterocycles. The lowest BCUT2D eigenvalue weighted by atomic mass is 9.89. The Morgan fingerprint density at radius 3 is 2.60 bits per heavy atom. The molecule has 43 heavy (non-hydrogen) atoms. The summed E-state index contributed by atoms with van der Waals surface area (Å²) in [6, 6.07) is 8.50. The number of amides is 1. The number of benzene rings is 1. The Labute approximate surface area is 265 Å². The molecule has 1 amide bonds. The van der Waals surface area contributed by atoms with E-state index >= 15 is 0 Å². The van der Waals surface area contributed by atoms with Crippen molar-refractivity contribution in [2.75, 3.05) is 46.9 Å². The molecule has 2 heterocycles. The van der Waals surface area contributed by atoms with Gasteiger partial charge in [0.1, 0.15) is 12.7 Å². The molecule has 2 aromatic rings. The van der Waals surface area contributed by atoms with E-state index in [-0.39, 0.29) is 49.0 Å². The first-order valence-electron chi connectivity index (χ1n) is 14.1. The van der Waals surface area contributed by atoms with Gasteiger partial charge in [-0.15, -0.1) is 0 Å². The van der Waals surface area contributed by atoms with Crippen molar-refractivity contribution in [2.24, 2.45) is 5.92 Å². The number of methoxy groups -OCH3 is 1. The van der Waals surface area contributed by atoms with Crippen molar-refractivity contribution < 1.29 is 47.5 Å². The predicted molar refractivity (Wildman–Crippen MR) is 163 cm³/mol. The monoisotopic (exact) mass is 714 g/mol. The third-order valence-corrected chi connectivity index (χ3v) is 7.33. The number of cyclic esters (lactones) is 1. The highest BCUT2D eigenvalue weighted by molar-refractivity contribution is 14.1. The van der Waals surface area contributed by atoms with Crippen molar-refractivity contribution in [3.05, 3.63) is 51.4 Å². The van der Waals surface area contributed by atoms with Gasteiger partial charge in [0.05, 0.1) is 26.4 Å². The van der Waals surface area contributed by atoms with Crippen molar-refractivity contribution in [2.45, 2.75) is 51.9 Å². The molecule has 0 aliphatic carbocycles. The number of pyridine rings is 1. The van der Waals surface area contributed by atoms with Crippen LogP contribution in [0.4, 0.5) is 0 Å². The van der Waals surface area contributed by atoms with E-state index in [0.717, 1.165) is 15.6 Å². The molecule has 0 spiro atoms. The number of hydrogen-bond acceptors (Lipinski definition) is 11. The fourth-order valence-electron chi connectivity index (χ4n) is 4.38. The van der Waals surface area contributed by atoms with Gasteiger partial charge in [0.2, 0.25) is 6.79 Å². The van der Waals surface area contributed by atoms with Gasteiger partial charge >= 0.3 is 11.9 Å². The van der Waals surface area contributed by atoms with Crippen LogP contribution in [0.1, 0.15) is 43.2 Å². The molecule has 1 N–H and O–H groups in total. The zero-order valence-corrected chi connectivity index (χ0v) is 27.0. The SMILES string of the molecule is CCCO[C@H]1COC[C@H](NC(=O)c2nccc(OC)c2OCOC(=O)COCC)C(=O)OC(C)[C@@H]1Cc1ccc(I)cc1. The van der Waals surface area contributed by atoms with Gasteiger partial charge in [0.25, 0.3) is 5.91 Å². The molecule has 236 valence electrons. The minimum atomic E-state index is -1.14. The molecule has 0 radical (unpaired) electrons. The van der Waals surface area contributed by atoms with Crippen molar-refractivity contribution in [1.29, 1.82) is 0 Å². The molecule has 3 rings (SSSR count). The quantitative estimate of drug-likeness (QED) is 0.175. The van der Waals surface area contributed by atoms with E-state index in [1.807, 2.05) is 38.1 Å². The largest absolute Gasteiger partial charge is 0.493 e. The molecular weight excluding hydrogens is 675 g/mol. The summed E-state index contributed by atoms with van der Waals surface area (Å²) in [5, 5.41) is 2.64. The smallest absolute Gasteiger partial charge is 0.334 e. The summed E-state index contributed by atoms with van der Waals surface area (Å²) in [5.74, 6) is -2.10. The number of aromatic nitrogens is 1. The lowest BCUT2D eigenvalue weighted by Crippen LogP contribution is -2.46. The van der Waals surface area contributed by atoms with Crippen molar-refractivity contribution in [3.63, 3.8) is 0 Å². The molecular formula is C30H39IN2O10. The van der Waals surface area contributed by atoms with Crippen LogP contribution in [0, 0.1) is 9.49 Å². The number of hydrogen-bond donors (Lipinski definition) is 1. The molecule has 0 saturated carbocycles. The summed E-state index contributed by atoms with van der Waals surface area (Å²) in [4.78, 5) is 42.5. The van der Waals surface area contributed by atoms with E-state index in [4.69, 9.17) is 33.2 Å². The average Bonchev–Trinajstić information content (AvgIpc) is 3.05. The maximum atomic E-state index is 13.4. The standard InChI is InChI=1S/C30H39IN2O10/c1-5-13-40-25-16-39-15-23(30(36)43-19(3)22(25)14-20-7-9-21(31)10-8-20)33-29(35)27-28(24(37-4)11-12-32-27)42-18-41-26(34)17-38-6-2/h7-12,19,22-23,25H,5-6,13-18H2,1-4H3,(H,33,35)/t19?,22-,23-,25-/m0/s1. The fourth-order valence-corrected chi connectivity index (χ4v) is 4.74. The number of carbonyl (C=O) groups is 3. The minimum Gasteiger partial charge on any atom is -0.493 e. The highest BCUT2D eigenvalue weighted by atomic mass is 127. The number of esters is 2. The van der Waals surface area contributed by atoms with Crippen LogP contribution in [0.15, 0.2) is 36.5 Å². The summed E-state index contributed by atoms with van der Waals surface area (Å²) in [6.45, 7) is 5.79. The van der Waals surface area contributed by atoms with E-state index in [1.54, 1.807) is 6.92 Å². The molecule has 12 nitrogen and oxygen atoms in total. The van der Waals surface area contributed by atoms with E-state index in [9.17, 15) is 14.4 Å². The van der Waals surface area contributed by atoms with Gasteiger partial charge in [-0.1, -0.05) is 19.1 Å². The molecule has 0 bridgehead atoms. The van der Waals surface area contributed by atoms with Crippen LogP contribution in [0.5, 0.6) is 11.5 Å². The Morgan fingerprint density at radius 2 is 1.91 bits per heavy atom. The number of rotatable bonds is 14. The lowest BCUT2D eigenvalue weighted by molar-refractivity contribution is -0.156. The summed E-state index contributed by atoms with van der Waals surface area (Å²) in [6.07, 6.45) is 1.93. The molecule has 1 aromatic carbocycles. The van der Waals surface area contributed by atoms with Gasteiger partial charge in [0, 0.05) is 35.0 Å². The number of ether oxygens (including phenoxy) is 7. The summed E-state index contributed by atoms with van der Waals surface area (Å²) < 4.78 is 39.9. The molecule has 4 atom stereocenters. The van der Waals surface area contributed by atoms with E-state index in [0.29, 0.717) is 19.6 Å². The molecule has 1 unspecified atom stereocenters. The lowest BCUT2D eigenvalue weighted by Gasteiger charge is -2.30. The van der Waals surface area contributed by atoms with Gasteiger partial charge < -0.3 is 38.5 Å². The third kappa shape index (κ3) is 10.6. The third-order valence-electron chi connectivity index (χ3n) is 6.61. The minimum absolute atomic E-state index is 0.0666. The van der Waals surface area contributed by atoms with Crippen LogP contribution in [0.25, 0.3) is 0 Å². The average molecular weight is 715 g/mol. The van der Waals surface area contributed by atoms with Gasteiger partial charge in [-0.3, -0.25) is 4.79 Å². The number of nitrogens with zero attached hydrogens (tertiary/aromatic N) is 1. The Hall–Kier alpha value is -3.01. The zero-order valence-electron chi connectivity index (χ0n) is 24.8. The van der Waals surface area contributed by atoms with E-state index in [1.165, 1.54) is 19.4 Å². The van der Waals surface area contributed by atoms with Crippen LogP contribution < -0.4 is 14.8 Å². The number of halogens is 1. The van der Waals surface area contributed by atoms with Gasteiger partial charge in [-0.25, -0.2) is 14.6 Å². The first kappa shape index (κ1) is 34.5. The maximum Gasteiger partial charge on any atom is 0.334 e. The Bertz CT molecular complexity index is 1200. The Morgan fingerprint density at radius 1 is 1.14 bits per heavy atom. The summed E-state index contributed by atoms with van der Waals surface area (Å²) in [5.41, 5.74) is 0.907. The first-order chi connectivity index (χ1) is 20.8. The zero-order chi connectivity index (χ0) is 31.2. The van der Waals surface area contributed by atoms with E-state index < -0.39 is 36.8 Å². The summed E-state index contributed by atoms with van der Waals surface area (Å²) >= 11 is 2.26. The number of nitrogens with one attached hydrogen (secondary N) is 1. The van der Waals surface area contributed by atoms with Crippen LogP contribution in [-0.4, -0.2) is 88.0 Å². The van der Waals surface area contributed by atoms with Gasteiger partial charge in [-0.05, 0) is 67.0 Å². The van der Waals surface area contributed by atoms with Crippen LogP contribution >= 0.6 is 22.6 Å². The molecule has 1 aliphatic heterocycles. The second-order valence-electron chi connectivity index (χ2n) is 9.72. The normalized spacial score (nSPS) is 20.6. The highest BCUT2D eigenvalue weighted by Gasteiger charge is 2.36. The molecule has 13 heteroatoms. The van der Waals surface area contributed by atoms with E-state index in [2.05, 4.69) is 32.9 Å². The Kier molecular flexibility index (Phi) is 14.4. The van der Waals surface area contributed by atoms with Gasteiger partial charge in [0.15, 0.2) is 23.2 Å². The molecule has 1 fully saturated rings. The summed E-state index contributed by atoms with van der Waals surface area (Å²) in [7, 11) is 1.39. The van der Waals surface area contributed by atoms with Crippen LogP contribution in [0.3, 0.4) is 0 Å². The highest BCUT2D eigenvalue weighted by Crippen LogP contribution is 2.30. The van der Waals surface area contributed by atoms with Crippen molar-refractivity contribution in [1.82, 2.24) is 10.3 Å². The Balaban J connectivity index is 1.74. The van der Waals surface area contributed by atoms with Gasteiger partial charge in [-0.2, -0.15) is 0 Å². The second kappa shape index (κ2) is 18.0. The first-order valence-corrected chi connectivity index (χ1v) is 15.2. The molecule has 1 aliphatic rings. The second-order valence-corrected chi connectivity index (χ2v) is 11.0. The predicted octanol–water partition coefficient (Wildman–Crippen LogP) is 3.33. The fraction of sp³-hybridized carbons (Fsp3) is 0.533. The van der Waals surface area contributed by atoms with Crippen LogP contribution in [-0.2, 0) is 39.7 Å². The maximum absolute atomic E-state index is 13.4. The topological polar surface area (TPSA) is 141 Å². The van der Waals surface area contributed by atoms with Crippen molar-refractivity contribution in [3.8, 4) is 11.5 Å². The number of carbonyl (C=O) groups excluding carboxylic acids is 3. The van der Waals surface area contributed by atoms with Crippen LogP contribution in [0.2, 0.25) is 0 Å².